The molecule has 2 aromatic rings. The molecule has 0 saturated heterocycles. The second-order valence-corrected chi connectivity index (χ2v) is 5.76. The van der Waals surface area contributed by atoms with Crippen molar-refractivity contribution in [1.29, 1.82) is 0 Å². The fourth-order valence-corrected chi connectivity index (χ4v) is 2.69. The molecule has 1 amide bonds. The van der Waals surface area contributed by atoms with Gasteiger partial charge in [0.05, 0.1) is 49.6 Å². The number of halogens is 1. The monoisotopic (exact) mass is 410 g/mol. The van der Waals surface area contributed by atoms with Gasteiger partial charge in [0, 0.05) is 18.2 Å². The quantitative estimate of drug-likeness (QED) is 0.518. The summed E-state index contributed by atoms with van der Waals surface area (Å²) in [6, 6.07) is 5.31. The molecule has 2 aromatic carbocycles. The smallest absolute Gasteiger partial charge is 0.286 e. The van der Waals surface area contributed by atoms with Gasteiger partial charge in [-0.05, 0) is 6.92 Å². The molecule has 0 saturated carbocycles. The summed E-state index contributed by atoms with van der Waals surface area (Å²) >= 11 is 6.05. The number of hydrogen-bond acceptors (Lipinski definition) is 7. The molecule has 10 heteroatoms. The number of carbonyl (C=O) groups excluding carboxylic acids is 1. The Morgan fingerprint density at radius 1 is 1.04 bits per heavy atom. The van der Waals surface area contributed by atoms with E-state index in [1.54, 1.807) is 6.92 Å². The second-order valence-electron chi connectivity index (χ2n) is 5.35. The van der Waals surface area contributed by atoms with E-state index in [9.17, 15) is 14.9 Å². The first-order valence-corrected chi connectivity index (χ1v) is 8.46. The first kappa shape index (κ1) is 21.1. The van der Waals surface area contributed by atoms with Gasteiger partial charge in [0.15, 0.2) is 11.5 Å². The SMILES string of the molecule is CCOc1cc([N+](=O)[O-])c(C(=O)Nc2cc(OC)c(Cl)cc2OC)cc1OC. The van der Waals surface area contributed by atoms with Crippen LogP contribution in [0.2, 0.25) is 5.02 Å². The number of benzene rings is 2. The van der Waals surface area contributed by atoms with Crippen LogP contribution in [0.15, 0.2) is 24.3 Å². The summed E-state index contributed by atoms with van der Waals surface area (Å²) in [7, 11) is 4.19. The van der Waals surface area contributed by atoms with Crippen LogP contribution in [-0.2, 0) is 0 Å². The zero-order valence-corrected chi connectivity index (χ0v) is 16.5. The normalized spacial score (nSPS) is 10.2. The van der Waals surface area contributed by atoms with Gasteiger partial charge in [0.25, 0.3) is 11.6 Å². The van der Waals surface area contributed by atoms with Crippen LogP contribution in [0, 0.1) is 10.1 Å². The van der Waals surface area contributed by atoms with Crippen LogP contribution in [-0.4, -0.2) is 38.8 Å². The van der Waals surface area contributed by atoms with E-state index in [0.29, 0.717) is 5.75 Å². The van der Waals surface area contributed by atoms with E-state index >= 15 is 0 Å². The van der Waals surface area contributed by atoms with Crippen LogP contribution in [0.3, 0.4) is 0 Å². The van der Waals surface area contributed by atoms with E-state index in [2.05, 4.69) is 5.32 Å². The minimum Gasteiger partial charge on any atom is -0.495 e. The fourth-order valence-electron chi connectivity index (χ4n) is 2.46. The molecule has 0 atom stereocenters. The standard InChI is InChI=1S/C18H19ClN2O7/c1-5-28-17-9-13(21(23)24)10(6-16(17)27-4)18(22)20-12-8-14(25-2)11(19)7-15(12)26-3/h6-9H,5H2,1-4H3,(H,20,22). The Bertz CT molecular complexity index is 902. The molecule has 0 bridgehead atoms. The number of methoxy groups -OCH3 is 3. The topological polar surface area (TPSA) is 109 Å². The predicted molar refractivity (Wildman–Crippen MR) is 103 cm³/mol. The molecule has 9 nitrogen and oxygen atoms in total. The summed E-state index contributed by atoms with van der Waals surface area (Å²) in [4.78, 5) is 23.6. The molecule has 0 aliphatic rings. The molecule has 0 spiro atoms. The van der Waals surface area contributed by atoms with E-state index in [4.69, 9.17) is 30.5 Å². The van der Waals surface area contributed by atoms with Crippen LogP contribution >= 0.6 is 11.6 Å². The number of nitrogens with one attached hydrogen (secondary N) is 1. The van der Waals surface area contributed by atoms with Gasteiger partial charge in [-0.25, -0.2) is 0 Å². The van der Waals surface area contributed by atoms with Gasteiger partial charge in [-0.15, -0.1) is 0 Å². The number of hydrogen-bond donors (Lipinski definition) is 1. The molecule has 1 N–H and O–H groups in total. The summed E-state index contributed by atoms with van der Waals surface area (Å²) in [6.07, 6.45) is 0. The number of ether oxygens (including phenoxy) is 4. The van der Waals surface area contributed by atoms with E-state index in [1.165, 1.54) is 39.5 Å². The summed E-state index contributed by atoms with van der Waals surface area (Å²) in [5, 5.41) is 14.3. The van der Waals surface area contributed by atoms with Crippen molar-refractivity contribution in [2.24, 2.45) is 0 Å². The number of nitrogens with zero attached hydrogens (tertiary/aromatic N) is 1. The van der Waals surface area contributed by atoms with Crippen molar-refractivity contribution in [3.63, 3.8) is 0 Å². The lowest BCUT2D eigenvalue weighted by Crippen LogP contribution is -2.15. The molecule has 28 heavy (non-hydrogen) atoms. The molecule has 0 aliphatic heterocycles. The Hall–Kier alpha value is -3.20. The lowest BCUT2D eigenvalue weighted by atomic mass is 10.1. The van der Waals surface area contributed by atoms with Crippen molar-refractivity contribution in [3.05, 3.63) is 45.0 Å². The summed E-state index contributed by atoms with van der Waals surface area (Å²) in [6.45, 7) is 2.01. The maximum atomic E-state index is 12.8. The Morgan fingerprint density at radius 2 is 1.68 bits per heavy atom. The lowest BCUT2D eigenvalue weighted by molar-refractivity contribution is -0.385. The minimum absolute atomic E-state index is 0.166. The minimum atomic E-state index is -0.740. The molecule has 0 radical (unpaired) electrons. The van der Waals surface area contributed by atoms with E-state index in [0.717, 1.165) is 6.07 Å². The molecule has 0 aromatic heterocycles. The maximum absolute atomic E-state index is 12.8. The van der Waals surface area contributed by atoms with Crippen molar-refractivity contribution in [3.8, 4) is 23.0 Å². The van der Waals surface area contributed by atoms with Crippen LogP contribution in [0.4, 0.5) is 11.4 Å². The fraction of sp³-hybridized carbons (Fsp3) is 0.278. The highest BCUT2D eigenvalue weighted by atomic mass is 35.5. The van der Waals surface area contributed by atoms with Gasteiger partial charge in [-0.2, -0.15) is 0 Å². The Kier molecular flexibility index (Phi) is 6.89. The number of carbonyl (C=O) groups is 1. The largest absolute Gasteiger partial charge is 0.495 e. The van der Waals surface area contributed by atoms with Crippen LogP contribution in [0.1, 0.15) is 17.3 Å². The molecule has 0 unspecified atom stereocenters. The highest BCUT2D eigenvalue weighted by Crippen LogP contribution is 2.38. The molecule has 2 rings (SSSR count). The first-order chi connectivity index (χ1) is 13.4. The van der Waals surface area contributed by atoms with Gasteiger partial charge < -0.3 is 24.3 Å². The number of rotatable bonds is 8. The highest BCUT2D eigenvalue weighted by Gasteiger charge is 2.26. The zero-order valence-electron chi connectivity index (χ0n) is 15.7. The third-order valence-corrected chi connectivity index (χ3v) is 4.04. The van der Waals surface area contributed by atoms with Gasteiger partial charge in [-0.3, -0.25) is 14.9 Å². The molecular weight excluding hydrogens is 392 g/mol. The Labute approximate surface area is 166 Å². The highest BCUT2D eigenvalue weighted by molar-refractivity contribution is 6.32. The molecule has 0 aliphatic carbocycles. The molecule has 150 valence electrons. The van der Waals surface area contributed by atoms with E-state index < -0.39 is 16.5 Å². The van der Waals surface area contributed by atoms with E-state index in [-0.39, 0.29) is 40.1 Å². The summed E-state index contributed by atoms with van der Waals surface area (Å²) < 4.78 is 20.9. The van der Waals surface area contributed by atoms with Crippen LogP contribution in [0.25, 0.3) is 0 Å². The maximum Gasteiger partial charge on any atom is 0.286 e. The number of nitro benzene ring substituents is 1. The van der Waals surface area contributed by atoms with Gasteiger partial charge in [0.1, 0.15) is 17.1 Å². The molecule has 0 fully saturated rings. The van der Waals surface area contributed by atoms with E-state index in [1.807, 2.05) is 0 Å². The predicted octanol–water partition coefficient (Wildman–Crippen LogP) is 3.93. The summed E-state index contributed by atoms with van der Waals surface area (Å²) in [5.74, 6) is 0.184. The Morgan fingerprint density at radius 3 is 2.21 bits per heavy atom. The summed E-state index contributed by atoms with van der Waals surface area (Å²) in [5.41, 5.74) is -0.404. The number of anilines is 1. The van der Waals surface area contributed by atoms with Crippen molar-refractivity contribution in [2.45, 2.75) is 6.92 Å². The Balaban J connectivity index is 2.50. The van der Waals surface area contributed by atoms with Crippen molar-refractivity contribution >= 4 is 28.9 Å². The van der Waals surface area contributed by atoms with Crippen molar-refractivity contribution in [1.82, 2.24) is 0 Å². The number of nitro groups is 1. The average Bonchev–Trinajstić information content (AvgIpc) is 2.68. The second kappa shape index (κ2) is 9.14. The van der Waals surface area contributed by atoms with Gasteiger partial charge >= 0.3 is 0 Å². The molecular formula is C18H19ClN2O7. The van der Waals surface area contributed by atoms with Gasteiger partial charge in [0.2, 0.25) is 0 Å². The first-order valence-electron chi connectivity index (χ1n) is 8.08. The molecule has 0 heterocycles. The third kappa shape index (κ3) is 4.37. The van der Waals surface area contributed by atoms with Gasteiger partial charge in [-0.1, -0.05) is 11.6 Å². The van der Waals surface area contributed by atoms with Crippen LogP contribution < -0.4 is 24.3 Å². The van der Waals surface area contributed by atoms with Crippen molar-refractivity contribution < 1.29 is 28.7 Å². The van der Waals surface area contributed by atoms with Crippen molar-refractivity contribution in [2.75, 3.05) is 33.3 Å². The number of amides is 1. The van der Waals surface area contributed by atoms with Crippen LogP contribution in [0.5, 0.6) is 23.0 Å². The zero-order chi connectivity index (χ0) is 20.8. The third-order valence-electron chi connectivity index (χ3n) is 3.75. The average molecular weight is 411 g/mol. The lowest BCUT2D eigenvalue weighted by Gasteiger charge is -2.14.